The Balaban J connectivity index is 2.11. The minimum absolute atomic E-state index is 0.146. The summed E-state index contributed by atoms with van der Waals surface area (Å²) in [6.07, 6.45) is 1.94. The van der Waals surface area contributed by atoms with Gasteiger partial charge in [0.05, 0.1) is 6.33 Å². The highest BCUT2D eigenvalue weighted by atomic mass is 35.5. The Morgan fingerprint density at radius 3 is 3.00 bits per heavy atom. The molecule has 3 rings (SSSR count). The van der Waals surface area contributed by atoms with Crippen molar-refractivity contribution in [3.05, 3.63) is 11.6 Å². The molecule has 1 aliphatic heterocycles. The molecule has 0 spiro atoms. The van der Waals surface area contributed by atoms with Crippen LogP contribution >= 0.6 is 11.6 Å². The van der Waals surface area contributed by atoms with Gasteiger partial charge in [0.25, 0.3) is 0 Å². The number of aliphatic hydroxyl groups excluding tert-OH is 1. The summed E-state index contributed by atoms with van der Waals surface area (Å²) in [5.41, 5.74) is 1.23. The summed E-state index contributed by atoms with van der Waals surface area (Å²) in [5.74, 6) is 0.572. The Kier molecular flexibility index (Phi) is 2.81. The van der Waals surface area contributed by atoms with Gasteiger partial charge >= 0.3 is 0 Å². The highest BCUT2D eigenvalue weighted by Crippen LogP contribution is 2.30. The van der Waals surface area contributed by atoms with Gasteiger partial charge in [0.2, 0.25) is 5.28 Å². The van der Waals surface area contributed by atoms with Crippen LogP contribution in [0.3, 0.4) is 0 Å². The fourth-order valence-electron chi connectivity index (χ4n) is 2.08. The van der Waals surface area contributed by atoms with Gasteiger partial charge in [-0.25, -0.2) is 4.98 Å². The van der Waals surface area contributed by atoms with Crippen molar-refractivity contribution in [3.63, 3.8) is 0 Å². The average molecular weight is 270 g/mol. The monoisotopic (exact) mass is 269 g/mol. The van der Waals surface area contributed by atoms with Crippen molar-refractivity contribution in [3.8, 4) is 0 Å². The first kappa shape index (κ1) is 11.6. The molecule has 2 atom stereocenters. The summed E-state index contributed by atoms with van der Waals surface area (Å²) in [6, 6.07) is 0. The summed E-state index contributed by atoms with van der Waals surface area (Å²) in [7, 11) is 1.74. The van der Waals surface area contributed by atoms with E-state index in [1.165, 1.54) is 0 Å². The topological polar surface area (TPSA) is 85.1 Å². The van der Waals surface area contributed by atoms with Crippen molar-refractivity contribution in [2.24, 2.45) is 0 Å². The predicted molar refractivity (Wildman–Crippen MR) is 65.2 cm³/mol. The van der Waals surface area contributed by atoms with Gasteiger partial charge < -0.3 is 15.2 Å². The van der Waals surface area contributed by atoms with Crippen LogP contribution in [0.1, 0.15) is 19.1 Å². The SMILES string of the molecule is CNc1nc(Cl)nc2c1ncn2C1CC[C@@H](O)O1. The highest BCUT2D eigenvalue weighted by Gasteiger charge is 2.27. The van der Waals surface area contributed by atoms with Gasteiger partial charge in [0.15, 0.2) is 23.3 Å². The Bertz CT molecular complexity index is 587. The lowest BCUT2D eigenvalue weighted by atomic mass is 10.3. The standard InChI is InChI=1S/C10H12ClN5O2/c1-12-8-7-9(15-10(11)14-8)16(4-13-7)5-2-3-6(17)18-5/h4-6,17H,2-3H2,1H3,(H,12,14,15)/t5?,6-/m0/s1. The number of ether oxygens (including phenoxy) is 1. The zero-order valence-electron chi connectivity index (χ0n) is 9.67. The fraction of sp³-hybridized carbons (Fsp3) is 0.500. The van der Waals surface area contributed by atoms with E-state index in [-0.39, 0.29) is 11.5 Å². The normalized spacial score (nSPS) is 23.7. The molecule has 1 aliphatic rings. The average Bonchev–Trinajstić information content (AvgIpc) is 2.93. The summed E-state index contributed by atoms with van der Waals surface area (Å²) >= 11 is 5.87. The lowest BCUT2D eigenvalue weighted by Gasteiger charge is -2.12. The number of fused-ring (bicyclic) bond motifs is 1. The van der Waals surface area contributed by atoms with Gasteiger partial charge in [-0.3, -0.25) is 4.57 Å². The van der Waals surface area contributed by atoms with Crippen LogP contribution in [0.4, 0.5) is 5.82 Å². The van der Waals surface area contributed by atoms with Crippen LogP contribution in [0.5, 0.6) is 0 Å². The molecule has 1 fully saturated rings. The molecule has 0 aromatic carbocycles. The second kappa shape index (κ2) is 4.34. The number of rotatable bonds is 2. The maximum Gasteiger partial charge on any atom is 0.226 e. The van der Waals surface area contributed by atoms with Crippen LogP contribution in [0, 0.1) is 0 Å². The molecule has 1 saturated heterocycles. The highest BCUT2D eigenvalue weighted by molar-refractivity contribution is 6.28. The molecule has 1 unspecified atom stereocenters. The van der Waals surface area contributed by atoms with Crippen LogP contribution in [0.2, 0.25) is 5.28 Å². The molecule has 18 heavy (non-hydrogen) atoms. The smallest absolute Gasteiger partial charge is 0.226 e. The quantitative estimate of drug-likeness (QED) is 0.796. The minimum atomic E-state index is -0.728. The molecule has 96 valence electrons. The number of nitrogens with one attached hydrogen (secondary N) is 1. The first-order chi connectivity index (χ1) is 8.69. The van der Waals surface area contributed by atoms with E-state index >= 15 is 0 Å². The van der Waals surface area contributed by atoms with Crippen LogP contribution < -0.4 is 5.32 Å². The third-order valence-corrected chi connectivity index (χ3v) is 3.08. The molecule has 0 radical (unpaired) electrons. The Labute approximate surface area is 108 Å². The van der Waals surface area contributed by atoms with E-state index in [1.54, 1.807) is 17.9 Å². The van der Waals surface area contributed by atoms with Crippen molar-refractivity contribution in [1.82, 2.24) is 19.5 Å². The van der Waals surface area contributed by atoms with E-state index in [1.807, 2.05) is 0 Å². The predicted octanol–water partition coefficient (Wildman–Crippen LogP) is 1.15. The lowest BCUT2D eigenvalue weighted by Crippen LogP contribution is -2.10. The lowest BCUT2D eigenvalue weighted by molar-refractivity contribution is -0.111. The molecule has 7 nitrogen and oxygen atoms in total. The maximum atomic E-state index is 9.40. The summed E-state index contributed by atoms with van der Waals surface area (Å²) in [5, 5.41) is 12.5. The molecule has 0 bridgehead atoms. The molecule has 2 N–H and O–H groups in total. The van der Waals surface area contributed by atoms with E-state index in [0.29, 0.717) is 29.8 Å². The van der Waals surface area contributed by atoms with Crippen LogP contribution in [-0.4, -0.2) is 38.0 Å². The number of halogens is 1. The fourth-order valence-corrected chi connectivity index (χ4v) is 2.25. The third kappa shape index (κ3) is 1.80. The van der Waals surface area contributed by atoms with Crippen LogP contribution in [-0.2, 0) is 4.74 Å². The van der Waals surface area contributed by atoms with E-state index in [4.69, 9.17) is 16.3 Å². The number of aliphatic hydroxyl groups is 1. The van der Waals surface area contributed by atoms with Crippen LogP contribution in [0.15, 0.2) is 6.33 Å². The van der Waals surface area contributed by atoms with Crippen molar-refractivity contribution in [2.75, 3.05) is 12.4 Å². The second-order valence-electron chi connectivity index (χ2n) is 4.04. The number of nitrogens with zero attached hydrogens (tertiary/aromatic N) is 4. The largest absolute Gasteiger partial charge is 0.371 e. The zero-order chi connectivity index (χ0) is 12.7. The minimum Gasteiger partial charge on any atom is -0.371 e. The molecule has 0 amide bonds. The van der Waals surface area contributed by atoms with Gasteiger partial charge in [-0.1, -0.05) is 0 Å². The molecule has 0 saturated carbocycles. The number of imidazole rings is 1. The molecule has 3 heterocycles. The van der Waals surface area contributed by atoms with Crippen molar-refractivity contribution in [2.45, 2.75) is 25.4 Å². The summed E-state index contributed by atoms with van der Waals surface area (Å²) in [4.78, 5) is 12.5. The Morgan fingerprint density at radius 2 is 2.33 bits per heavy atom. The molecule has 0 aliphatic carbocycles. The first-order valence-electron chi connectivity index (χ1n) is 5.60. The molecule has 2 aromatic rings. The number of aromatic nitrogens is 4. The third-order valence-electron chi connectivity index (χ3n) is 2.92. The van der Waals surface area contributed by atoms with Crippen LogP contribution in [0.25, 0.3) is 11.2 Å². The van der Waals surface area contributed by atoms with Crippen molar-refractivity contribution in [1.29, 1.82) is 0 Å². The Morgan fingerprint density at radius 1 is 1.50 bits per heavy atom. The van der Waals surface area contributed by atoms with Crippen molar-refractivity contribution >= 4 is 28.6 Å². The van der Waals surface area contributed by atoms with Crippen molar-refractivity contribution < 1.29 is 9.84 Å². The number of anilines is 1. The van der Waals surface area contributed by atoms with Gasteiger partial charge in [-0.15, -0.1) is 0 Å². The van der Waals surface area contributed by atoms with Gasteiger partial charge in [0.1, 0.15) is 6.23 Å². The van der Waals surface area contributed by atoms with E-state index in [2.05, 4.69) is 20.3 Å². The number of hydrogen-bond acceptors (Lipinski definition) is 6. The molecular formula is C10H12ClN5O2. The number of hydrogen-bond donors (Lipinski definition) is 2. The van der Waals surface area contributed by atoms with E-state index < -0.39 is 6.29 Å². The zero-order valence-corrected chi connectivity index (χ0v) is 10.4. The van der Waals surface area contributed by atoms with E-state index in [9.17, 15) is 5.11 Å². The summed E-state index contributed by atoms with van der Waals surface area (Å²) in [6.45, 7) is 0. The maximum absolute atomic E-state index is 9.40. The van der Waals surface area contributed by atoms with E-state index in [0.717, 1.165) is 0 Å². The molecule has 8 heteroatoms. The summed E-state index contributed by atoms with van der Waals surface area (Å²) < 4.78 is 7.15. The van der Waals surface area contributed by atoms with Gasteiger partial charge in [-0.05, 0) is 18.0 Å². The first-order valence-corrected chi connectivity index (χ1v) is 5.98. The van der Waals surface area contributed by atoms with Gasteiger partial charge in [0, 0.05) is 13.5 Å². The Hall–Kier alpha value is -1.44. The van der Waals surface area contributed by atoms with Gasteiger partial charge in [-0.2, -0.15) is 9.97 Å². The molecular weight excluding hydrogens is 258 g/mol. The molecule has 2 aromatic heterocycles. The second-order valence-corrected chi connectivity index (χ2v) is 4.38.